The highest BCUT2D eigenvalue weighted by Gasteiger charge is 2.29. The summed E-state index contributed by atoms with van der Waals surface area (Å²) in [6.45, 7) is 2.00. The molecule has 0 fully saturated rings. The average Bonchev–Trinajstić information content (AvgIpc) is 2.69. The van der Waals surface area contributed by atoms with Crippen LogP contribution in [0, 0.1) is 5.82 Å². The number of carbonyl (C=O) groups excluding carboxylic acids is 2. The molecule has 2 aliphatic heterocycles. The van der Waals surface area contributed by atoms with Crippen LogP contribution in [0.4, 0.5) is 4.39 Å². The van der Waals surface area contributed by atoms with Crippen LogP contribution >= 0.6 is 0 Å². The van der Waals surface area contributed by atoms with Crippen LogP contribution < -0.4 is 5.32 Å². The normalized spacial score (nSPS) is 18.9. The molecule has 1 unspecified atom stereocenters. The van der Waals surface area contributed by atoms with Crippen LogP contribution in [-0.4, -0.2) is 68.4 Å². The lowest BCUT2D eigenvalue weighted by Crippen LogP contribution is -2.35. The molecular formula is C20H26FN5O2. The summed E-state index contributed by atoms with van der Waals surface area (Å²) in [5.74, 6) is -1.17. The lowest BCUT2D eigenvalue weighted by molar-refractivity contribution is -0.115. The van der Waals surface area contributed by atoms with Gasteiger partial charge in [-0.3, -0.25) is 9.59 Å². The molecule has 2 aliphatic rings. The third-order valence-corrected chi connectivity index (χ3v) is 5.04. The van der Waals surface area contributed by atoms with Crippen molar-refractivity contribution in [2.45, 2.75) is 25.3 Å². The minimum atomic E-state index is -0.540. The van der Waals surface area contributed by atoms with Crippen molar-refractivity contribution >= 4 is 11.8 Å². The van der Waals surface area contributed by atoms with E-state index in [1.165, 1.54) is 11.0 Å². The number of likely N-dealkylation sites (N-methyl/N-ethyl adjacent to an activating group) is 2. The molecule has 0 aliphatic carbocycles. The molecule has 150 valence electrons. The van der Waals surface area contributed by atoms with Gasteiger partial charge in [-0.1, -0.05) is 6.07 Å². The van der Waals surface area contributed by atoms with Crippen molar-refractivity contribution in [2.24, 2.45) is 10.2 Å². The summed E-state index contributed by atoms with van der Waals surface area (Å²) in [6, 6.07) is 4.24. The quantitative estimate of drug-likeness (QED) is 0.810. The molecule has 1 aromatic carbocycles. The Bertz CT molecular complexity index is 834. The predicted octanol–water partition coefficient (Wildman–Crippen LogP) is 2.00. The molecule has 0 radical (unpaired) electrons. The number of nitrogens with one attached hydrogen (secondary N) is 1. The van der Waals surface area contributed by atoms with Crippen molar-refractivity contribution in [1.29, 1.82) is 0 Å². The van der Waals surface area contributed by atoms with E-state index in [2.05, 4.69) is 15.5 Å². The van der Waals surface area contributed by atoms with Crippen molar-refractivity contribution in [2.75, 3.05) is 40.8 Å². The summed E-state index contributed by atoms with van der Waals surface area (Å²) in [4.78, 5) is 28.1. The highest BCUT2D eigenvalue weighted by Crippen LogP contribution is 2.27. The van der Waals surface area contributed by atoms with Gasteiger partial charge in [0.15, 0.2) is 0 Å². The Morgan fingerprint density at radius 3 is 2.82 bits per heavy atom. The van der Waals surface area contributed by atoms with Crippen molar-refractivity contribution in [3.05, 3.63) is 46.4 Å². The number of azo groups is 1. The SMILES string of the molecule is CN(C)CCN(C)C(=O)c1cc(CC2N=NC(=O)C3=C2NCCC3)ccc1F. The summed E-state index contributed by atoms with van der Waals surface area (Å²) in [6.07, 6.45) is 2.03. The zero-order valence-electron chi connectivity index (χ0n) is 16.5. The molecule has 7 nitrogen and oxygen atoms in total. The van der Waals surface area contributed by atoms with Gasteiger partial charge in [0.05, 0.1) is 5.56 Å². The Balaban J connectivity index is 1.78. The van der Waals surface area contributed by atoms with E-state index in [0.717, 1.165) is 24.2 Å². The van der Waals surface area contributed by atoms with Crippen molar-refractivity contribution in [3.8, 4) is 0 Å². The third kappa shape index (κ3) is 4.44. The van der Waals surface area contributed by atoms with E-state index >= 15 is 0 Å². The van der Waals surface area contributed by atoms with Gasteiger partial charge in [-0.05, 0) is 44.6 Å². The average molecular weight is 387 g/mol. The molecule has 1 aromatic rings. The molecule has 8 heteroatoms. The van der Waals surface area contributed by atoms with Crippen LogP contribution in [0.1, 0.15) is 28.8 Å². The molecule has 0 saturated carbocycles. The van der Waals surface area contributed by atoms with Crippen molar-refractivity contribution in [3.63, 3.8) is 0 Å². The minimum absolute atomic E-state index is 0.0494. The molecule has 0 saturated heterocycles. The second-order valence-electron chi connectivity index (χ2n) is 7.51. The minimum Gasteiger partial charge on any atom is -0.386 e. The van der Waals surface area contributed by atoms with E-state index in [0.29, 0.717) is 31.5 Å². The summed E-state index contributed by atoms with van der Waals surface area (Å²) in [5, 5.41) is 11.2. The van der Waals surface area contributed by atoms with Gasteiger partial charge in [0, 0.05) is 44.4 Å². The highest BCUT2D eigenvalue weighted by molar-refractivity contribution is 5.95. The van der Waals surface area contributed by atoms with Crippen LogP contribution in [-0.2, 0) is 11.2 Å². The Hall–Kier alpha value is -2.61. The molecule has 0 aromatic heterocycles. The molecule has 3 rings (SSSR count). The van der Waals surface area contributed by atoms with E-state index in [1.54, 1.807) is 19.2 Å². The first kappa shape index (κ1) is 20.1. The molecule has 0 bridgehead atoms. The largest absolute Gasteiger partial charge is 0.386 e. The number of hydrogen-bond acceptors (Lipinski definition) is 5. The molecule has 28 heavy (non-hydrogen) atoms. The van der Waals surface area contributed by atoms with Gasteiger partial charge in [-0.15, -0.1) is 5.11 Å². The van der Waals surface area contributed by atoms with E-state index in [9.17, 15) is 14.0 Å². The number of carbonyl (C=O) groups is 2. The Morgan fingerprint density at radius 1 is 1.29 bits per heavy atom. The van der Waals surface area contributed by atoms with Gasteiger partial charge in [0.25, 0.3) is 11.8 Å². The number of halogens is 1. The topological polar surface area (TPSA) is 77.4 Å². The lowest BCUT2D eigenvalue weighted by Gasteiger charge is -2.27. The number of amides is 2. The zero-order chi connectivity index (χ0) is 20.3. The highest BCUT2D eigenvalue weighted by atomic mass is 19.1. The number of hydrogen-bond donors (Lipinski definition) is 1. The Morgan fingerprint density at radius 2 is 2.07 bits per heavy atom. The first-order valence-corrected chi connectivity index (χ1v) is 9.47. The molecule has 2 heterocycles. The fourth-order valence-electron chi connectivity index (χ4n) is 3.40. The fourth-order valence-corrected chi connectivity index (χ4v) is 3.40. The second-order valence-corrected chi connectivity index (χ2v) is 7.51. The van der Waals surface area contributed by atoms with Crippen LogP contribution in [0.2, 0.25) is 0 Å². The molecule has 1 N–H and O–H groups in total. The summed E-state index contributed by atoms with van der Waals surface area (Å²) < 4.78 is 14.3. The number of rotatable bonds is 6. The van der Waals surface area contributed by atoms with Gasteiger partial charge in [-0.25, -0.2) is 4.39 Å². The summed E-state index contributed by atoms with van der Waals surface area (Å²) >= 11 is 0. The summed E-state index contributed by atoms with van der Waals surface area (Å²) in [7, 11) is 5.51. The first-order valence-electron chi connectivity index (χ1n) is 9.47. The predicted molar refractivity (Wildman–Crippen MR) is 104 cm³/mol. The Labute approximate surface area is 164 Å². The fraction of sp³-hybridized carbons (Fsp3) is 0.500. The van der Waals surface area contributed by atoms with Crippen LogP contribution in [0.3, 0.4) is 0 Å². The van der Waals surface area contributed by atoms with Gasteiger partial charge in [0.1, 0.15) is 11.9 Å². The van der Waals surface area contributed by atoms with E-state index in [4.69, 9.17) is 0 Å². The van der Waals surface area contributed by atoms with Crippen molar-refractivity contribution in [1.82, 2.24) is 15.1 Å². The van der Waals surface area contributed by atoms with Gasteiger partial charge in [0.2, 0.25) is 0 Å². The molecule has 0 spiro atoms. The van der Waals surface area contributed by atoms with Crippen molar-refractivity contribution < 1.29 is 14.0 Å². The summed E-state index contributed by atoms with van der Waals surface area (Å²) in [5.41, 5.74) is 2.33. The first-order chi connectivity index (χ1) is 13.4. The monoisotopic (exact) mass is 387 g/mol. The third-order valence-electron chi connectivity index (χ3n) is 5.04. The number of nitrogens with zero attached hydrogens (tertiary/aromatic N) is 4. The maximum atomic E-state index is 14.3. The van der Waals surface area contributed by atoms with Gasteiger partial charge < -0.3 is 15.1 Å². The van der Waals surface area contributed by atoms with Crippen LogP contribution in [0.15, 0.2) is 39.7 Å². The molecule has 1 atom stereocenters. The standard InChI is InChI=1S/C20H26FN5O2/c1-25(2)9-10-26(3)20(28)15-11-13(6-7-16(15)21)12-17-18-14(5-4-8-22-18)19(27)24-23-17/h6-7,11,17,22H,4-5,8-10,12H2,1-3H3. The van der Waals surface area contributed by atoms with Gasteiger partial charge in [-0.2, -0.15) is 5.11 Å². The van der Waals surface area contributed by atoms with E-state index < -0.39 is 5.82 Å². The molecular weight excluding hydrogens is 361 g/mol. The van der Waals surface area contributed by atoms with Crippen LogP contribution in [0.5, 0.6) is 0 Å². The molecule has 2 amide bonds. The maximum Gasteiger partial charge on any atom is 0.292 e. The van der Waals surface area contributed by atoms with Crippen LogP contribution in [0.25, 0.3) is 0 Å². The second kappa shape index (κ2) is 8.60. The zero-order valence-corrected chi connectivity index (χ0v) is 16.5. The smallest absolute Gasteiger partial charge is 0.292 e. The van der Waals surface area contributed by atoms with E-state index in [1.807, 2.05) is 19.0 Å². The van der Waals surface area contributed by atoms with Gasteiger partial charge >= 0.3 is 0 Å². The maximum absolute atomic E-state index is 14.3. The van der Waals surface area contributed by atoms with E-state index in [-0.39, 0.29) is 23.4 Å². The lowest BCUT2D eigenvalue weighted by atomic mass is 9.93. The Kier molecular flexibility index (Phi) is 6.18. The number of benzene rings is 1.